The molecule has 0 amide bonds. The van der Waals surface area contributed by atoms with Crippen molar-refractivity contribution in [1.29, 1.82) is 5.26 Å². The first kappa shape index (κ1) is 11.0. The normalized spacial score (nSPS) is 17.3. The van der Waals surface area contributed by atoms with Crippen LogP contribution in [0.25, 0.3) is 0 Å². The van der Waals surface area contributed by atoms with Gasteiger partial charge in [0.05, 0.1) is 19.3 Å². The third kappa shape index (κ3) is 2.02. The van der Waals surface area contributed by atoms with Crippen molar-refractivity contribution >= 4 is 5.69 Å². The average molecular weight is 216 g/mol. The van der Waals surface area contributed by atoms with Crippen molar-refractivity contribution in [3.05, 3.63) is 29.3 Å². The van der Waals surface area contributed by atoms with Crippen LogP contribution in [0.15, 0.2) is 18.2 Å². The van der Waals surface area contributed by atoms with E-state index in [9.17, 15) is 0 Å². The Labute approximate surface area is 96.0 Å². The van der Waals surface area contributed by atoms with Gasteiger partial charge in [-0.15, -0.1) is 0 Å². The monoisotopic (exact) mass is 216 g/mol. The van der Waals surface area contributed by atoms with E-state index < -0.39 is 0 Å². The molecule has 0 radical (unpaired) electrons. The summed E-state index contributed by atoms with van der Waals surface area (Å²) >= 11 is 0. The fourth-order valence-corrected chi connectivity index (χ4v) is 1.68. The van der Waals surface area contributed by atoms with Gasteiger partial charge < -0.3 is 10.1 Å². The van der Waals surface area contributed by atoms with Crippen molar-refractivity contribution in [2.45, 2.75) is 13.8 Å². The third-order valence-electron chi connectivity index (χ3n) is 3.13. The summed E-state index contributed by atoms with van der Waals surface area (Å²) in [5, 5.41) is 12.3. The Kier molecular flexibility index (Phi) is 2.84. The van der Waals surface area contributed by atoms with E-state index in [1.807, 2.05) is 6.07 Å². The highest BCUT2D eigenvalue weighted by atomic mass is 16.5. The molecule has 1 aromatic rings. The molecule has 0 saturated carbocycles. The van der Waals surface area contributed by atoms with Gasteiger partial charge in [0.15, 0.2) is 0 Å². The lowest BCUT2D eigenvalue weighted by Gasteiger charge is -2.35. The van der Waals surface area contributed by atoms with E-state index in [0.717, 1.165) is 5.69 Å². The van der Waals surface area contributed by atoms with Gasteiger partial charge in [0, 0.05) is 12.2 Å². The number of benzene rings is 1. The zero-order chi connectivity index (χ0) is 11.6. The molecule has 3 nitrogen and oxygen atoms in total. The fraction of sp³-hybridized carbons (Fsp3) is 0.462. The number of hydrogen-bond acceptors (Lipinski definition) is 3. The van der Waals surface area contributed by atoms with Crippen LogP contribution in [-0.4, -0.2) is 19.8 Å². The molecule has 0 unspecified atom stereocenters. The fourth-order valence-electron chi connectivity index (χ4n) is 1.68. The van der Waals surface area contributed by atoms with Crippen molar-refractivity contribution in [3.63, 3.8) is 0 Å². The summed E-state index contributed by atoms with van der Waals surface area (Å²) in [5.74, 6) is 0. The number of ether oxygens (including phenoxy) is 1. The molecule has 1 aliphatic rings. The minimum absolute atomic E-state index is 0.321. The molecule has 0 bridgehead atoms. The lowest BCUT2D eigenvalue weighted by molar-refractivity contribution is -0.0690. The van der Waals surface area contributed by atoms with Crippen LogP contribution in [0.1, 0.15) is 11.1 Å². The van der Waals surface area contributed by atoms with Gasteiger partial charge >= 0.3 is 0 Å². The molecule has 0 aliphatic carbocycles. The zero-order valence-corrected chi connectivity index (χ0v) is 9.71. The summed E-state index contributed by atoms with van der Waals surface area (Å²) in [4.78, 5) is 0. The molecule has 16 heavy (non-hydrogen) atoms. The molecule has 1 saturated heterocycles. The van der Waals surface area contributed by atoms with Gasteiger partial charge in [-0.05, 0) is 37.1 Å². The maximum atomic E-state index is 9.04. The van der Waals surface area contributed by atoms with Crippen LogP contribution < -0.4 is 5.32 Å². The van der Waals surface area contributed by atoms with Crippen molar-refractivity contribution in [3.8, 4) is 6.07 Å². The van der Waals surface area contributed by atoms with Gasteiger partial charge in [-0.1, -0.05) is 6.07 Å². The Morgan fingerprint density at radius 1 is 1.38 bits per heavy atom. The molecule has 0 aromatic heterocycles. The molecule has 1 heterocycles. The molecule has 3 heteroatoms. The molecule has 1 aliphatic heterocycles. The van der Waals surface area contributed by atoms with E-state index in [2.05, 4.69) is 37.4 Å². The van der Waals surface area contributed by atoms with Crippen molar-refractivity contribution in [1.82, 2.24) is 0 Å². The first-order valence-corrected chi connectivity index (χ1v) is 5.45. The Morgan fingerprint density at radius 2 is 2.12 bits per heavy atom. The Balaban J connectivity index is 2.00. The van der Waals surface area contributed by atoms with Crippen LogP contribution in [-0.2, 0) is 4.74 Å². The summed E-state index contributed by atoms with van der Waals surface area (Å²) in [7, 11) is 0. The van der Waals surface area contributed by atoms with Gasteiger partial charge in [0.25, 0.3) is 0 Å². The van der Waals surface area contributed by atoms with Gasteiger partial charge in [-0.2, -0.15) is 5.26 Å². The van der Waals surface area contributed by atoms with Crippen molar-refractivity contribution in [2.24, 2.45) is 5.41 Å². The van der Waals surface area contributed by atoms with E-state index in [-0.39, 0.29) is 5.41 Å². The highest BCUT2D eigenvalue weighted by Crippen LogP contribution is 2.27. The second kappa shape index (κ2) is 4.15. The van der Waals surface area contributed by atoms with E-state index in [0.29, 0.717) is 19.8 Å². The number of rotatable bonds is 3. The molecule has 0 spiro atoms. The molecule has 1 aromatic carbocycles. The third-order valence-corrected chi connectivity index (χ3v) is 3.13. The molecule has 84 valence electrons. The quantitative estimate of drug-likeness (QED) is 0.842. The van der Waals surface area contributed by atoms with Crippen LogP contribution in [0.4, 0.5) is 5.69 Å². The average Bonchev–Trinajstić information content (AvgIpc) is 2.22. The van der Waals surface area contributed by atoms with Gasteiger partial charge in [-0.3, -0.25) is 0 Å². The standard InChI is InChI=1S/C13H16N2O/c1-10-3-4-12(5-11(10)2)15-7-13(6-14)8-16-9-13/h3-5,15H,7-9H2,1-2H3. The smallest absolute Gasteiger partial charge is 0.121 e. The van der Waals surface area contributed by atoms with Gasteiger partial charge in [-0.25, -0.2) is 0 Å². The van der Waals surface area contributed by atoms with Gasteiger partial charge in [0.2, 0.25) is 0 Å². The Hall–Kier alpha value is -1.53. The summed E-state index contributed by atoms with van der Waals surface area (Å²) in [6.45, 7) is 5.93. The predicted molar refractivity (Wildman–Crippen MR) is 63.3 cm³/mol. The molecule has 1 fully saturated rings. The summed E-state index contributed by atoms with van der Waals surface area (Å²) in [5.41, 5.74) is 3.30. The number of nitrogens with zero attached hydrogens (tertiary/aromatic N) is 1. The lowest BCUT2D eigenvalue weighted by Crippen LogP contribution is -2.46. The highest BCUT2D eigenvalue weighted by Gasteiger charge is 2.38. The Morgan fingerprint density at radius 3 is 2.62 bits per heavy atom. The molecule has 2 rings (SSSR count). The highest BCUT2D eigenvalue weighted by molar-refractivity contribution is 5.48. The first-order chi connectivity index (χ1) is 7.65. The number of nitrogens with one attached hydrogen (secondary N) is 1. The SMILES string of the molecule is Cc1ccc(NCC2(C#N)COC2)cc1C. The summed E-state index contributed by atoms with van der Waals surface area (Å²) in [6, 6.07) is 8.57. The minimum atomic E-state index is -0.321. The summed E-state index contributed by atoms with van der Waals surface area (Å²) in [6.07, 6.45) is 0. The number of nitriles is 1. The van der Waals surface area contributed by atoms with Crippen LogP contribution in [0, 0.1) is 30.6 Å². The van der Waals surface area contributed by atoms with Gasteiger partial charge in [0.1, 0.15) is 5.41 Å². The summed E-state index contributed by atoms with van der Waals surface area (Å²) < 4.78 is 5.10. The van der Waals surface area contributed by atoms with Crippen LogP contribution in [0.2, 0.25) is 0 Å². The van der Waals surface area contributed by atoms with E-state index in [1.165, 1.54) is 11.1 Å². The van der Waals surface area contributed by atoms with Crippen molar-refractivity contribution < 1.29 is 4.74 Å². The molecule has 1 N–H and O–H groups in total. The lowest BCUT2D eigenvalue weighted by atomic mass is 9.88. The second-order valence-electron chi connectivity index (χ2n) is 4.54. The number of anilines is 1. The molecule has 0 atom stereocenters. The number of hydrogen-bond donors (Lipinski definition) is 1. The van der Waals surface area contributed by atoms with Crippen LogP contribution in [0.5, 0.6) is 0 Å². The van der Waals surface area contributed by atoms with Crippen LogP contribution in [0.3, 0.4) is 0 Å². The minimum Gasteiger partial charge on any atom is -0.383 e. The van der Waals surface area contributed by atoms with E-state index >= 15 is 0 Å². The Bertz CT molecular complexity index is 430. The number of aryl methyl sites for hydroxylation is 2. The molecular formula is C13H16N2O. The second-order valence-corrected chi connectivity index (χ2v) is 4.54. The molecular weight excluding hydrogens is 200 g/mol. The largest absolute Gasteiger partial charge is 0.383 e. The maximum absolute atomic E-state index is 9.04. The van der Waals surface area contributed by atoms with E-state index in [4.69, 9.17) is 10.00 Å². The zero-order valence-electron chi connectivity index (χ0n) is 9.71. The topological polar surface area (TPSA) is 45.0 Å². The van der Waals surface area contributed by atoms with Crippen LogP contribution >= 0.6 is 0 Å². The maximum Gasteiger partial charge on any atom is 0.121 e. The van der Waals surface area contributed by atoms with Crippen molar-refractivity contribution in [2.75, 3.05) is 25.1 Å². The van der Waals surface area contributed by atoms with E-state index in [1.54, 1.807) is 0 Å². The predicted octanol–water partition coefficient (Wildman–Crippen LogP) is 2.26. The first-order valence-electron chi connectivity index (χ1n) is 5.45.